The van der Waals surface area contributed by atoms with Crippen LogP contribution in [-0.2, 0) is 32.6 Å². The van der Waals surface area contributed by atoms with Gasteiger partial charge in [-0.1, -0.05) is 97.8 Å². The first kappa shape index (κ1) is 34.2. The Kier molecular flexibility index (Phi) is 11.6. The molecule has 0 aliphatic heterocycles. The number of benzene rings is 4. The van der Waals surface area contributed by atoms with Gasteiger partial charge in [0.2, 0.25) is 11.8 Å². The number of sulfonamides is 1. The number of hydrogen-bond acceptors (Lipinski definition) is 5. The predicted octanol–water partition coefficient (Wildman–Crippen LogP) is 5.92. The Morgan fingerprint density at radius 1 is 0.804 bits per heavy atom. The van der Waals surface area contributed by atoms with Crippen LogP contribution in [0.3, 0.4) is 0 Å². The lowest BCUT2D eigenvalue weighted by Crippen LogP contribution is -2.53. The van der Waals surface area contributed by atoms with Crippen LogP contribution in [-0.4, -0.2) is 51.4 Å². The molecule has 0 spiro atoms. The number of amides is 2. The largest absolute Gasteiger partial charge is 0.497 e. The molecular weight excluding hydrogens is 598 g/mol. The van der Waals surface area contributed by atoms with Crippen LogP contribution in [0.5, 0.6) is 5.75 Å². The molecule has 0 aliphatic carbocycles. The molecule has 1 atom stereocenters. The van der Waals surface area contributed by atoms with E-state index >= 15 is 0 Å². The van der Waals surface area contributed by atoms with Gasteiger partial charge >= 0.3 is 0 Å². The summed E-state index contributed by atoms with van der Waals surface area (Å²) in [5, 5.41) is 3.02. The molecule has 4 aromatic rings. The van der Waals surface area contributed by atoms with Gasteiger partial charge in [-0.25, -0.2) is 8.42 Å². The summed E-state index contributed by atoms with van der Waals surface area (Å²) in [7, 11) is -2.70. The van der Waals surface area contributed by atoms with Gasteiger partial charge in [0.05, 0.1) is 17.7 Å². The fourth-order valence-electron chi connectivity index (χ4n) is 5.12. The van der Waals surface area contributed by atoms with Crippen LogP contribution in [0, 0.1) is 19.8 Å². The maximum Gasteiger partial charge on any atom is 0.264 e. The molecule has 0 saturated heterocycles. The van der Waals surface area contributed by atoms with Gasteiger partial charge in [0.15, 0.2) is 0 Å². The van der Waals surface area contributed by atoms with E-state index in [1.54, 1.807) is 36.4 Å². The summed E-state index contributed by atoms with van der Waals surface area (Å²) in [4.78, 5) is 30.0. The van der Waals surface area contributed by atoms with Gasteiger partial charge in [-0.2, -0.15) is 0 Å². The Bertz CT molecular complexity index is 1720. The Labute approximate surface area is 273 Å². The molecule has 0 heterocycles. The number of carbonyl (C=O) groups excluding carboxylic acids is 2. The van der Waals surface area contributed by atoms with Gasteiger partial charge in [0, 0.05) is 25.6 Å². The van der Waals surface area contributed by atoms with Crippen LogP contribution in [0.4, 0.5) is 5.69 Å². The number of methoxy groups -OCH3 is 1. The first-order chi connectivity index (χ1) is 22.0. The molecule has 0 bridgehead atoms. The minimum absolute atomic E-state index is 0.0504. The highest BCUT2D eigenvalue weighted by Gasteiger charge is 2.34. The number of hydrogen-bond donors (Lipinski definition) is 1. The zero-order valence-electron chi connectivity index (χ0n) is 27.1. The van der Waals surface area contributed by atoms with Crippen molar-refractivity contribution < 1.29 is 22.7 Å². The van der Waals surface area contributed by atoms with Crippen LogP contribution in [0.1, 0.15) is 36.1 Å². The summed E-state index contributed by atoms with van der Waals surface area (Å²) < 4.78 is 34.9. The smallest absolute Gasteiger partial charge is 0.264 e. The average Bonchev–Trinajstić information content (AvgIpc) is 3.04. The summed E-state index contributed by atoms with van der Waals surface area (Å²) in [6, 6.07) is 29.5. The van der Waals surface area contributed by atoms with Crippen molar-refractivity contribution in [3.05, 3.63) is 125 Å². The molecule has 4 rings (SSSR count). The van der Waals surface area contributed by atoms with E-state index in [9.17, 15) is 18.0 Å². The molecule has 0 aromatic heterocycles. The fourth-order valence-corrected chi connectivity index (χ4v) is 6.52. The van der Waals surface area contributed by atoms with Crippen LogP contribution < -0.4 is 14.4 Å². The highest BCUT2D eigenvalue weighted by atomic mass is 32.2. The van der Waals surface area contributed by atoms with Gasteiger partial charge < -0.3 is 15.0 Å². The zero-order valence-corrected chi connectivity index (χ0v) is 28.0. The molecule has 0 radical (unpaired) electrons. The van der Waals surface area contributed by atoms with E-state index in [0.29, 0.717) is 12.3 Å². The van der Waals surface area contributed by atoms with Crippen LogP contribution >= 0.6 is 0 Å². The molecule has 1 N–H and O–H groups in total. The standard InChI is InChI=1S/C37H43N3O5S/c1-27(2)24-38-37(42)35(22-30-12-7-6-8-13-30)39(25-31-14-9-11-29(4)21-31)36(41)26-40(32-15-10-16-33(23-32)45-5)46(43,44)34-19-17-28(3)18-20-34/h6-21,23,27,35H,22,24-26H2,1-5H3,(H,38,42)/t35-/m1/s1. The van der Waals surface area contributed by atoms with Crippen molar-refractivity contribution in [2.24, 2.45) is 5.92 Å². The monoisotopic (exact) mass is 641 g/mol. The van der Waals surface area contributed by atoms with E-state index in [4.69, 9.17) is 4.74 Å². The van der Waals surface area contributed by atoms with Crippen LogP contribution in [0.2, 0.25) is 0 Å². The SMILES string of the molecule is COc1cccc(N(CC(=O)N(Cc2cccc(C)c2)[C@H](Cc2ccccc2)C(=O)NCC(C)C)S(=O)(=O)c2ccc(C)cc2)c1. The molecule has 2 amide bonds. The molecular formula is C37H43N3O5S. The number of ether oxygens (including phenoxy) is 1. The quantitative estimate of drug-likeness (QED) is 0.185. The summed E-state index contributed by atoms with van der Waals surface area (Å²) in [6.07, 6.45) is 0.256. The molecule has 9 heteroatoms. The van der Waals surface area contributed by atoms with Gasteiger partial charge in [-0.3, -0.25) is 13.9 Å². The number of carbonyl (C=O) groups is 2. The van der Waals surface area contributed by atoms with Crippen molar-refractivity contribution in [2.75, 3.05) is 24.5 Å². The third kappa shape index (κ3) is 8.97. The molecule has 0 saturated carbocycles. The Hall–Kier alpha value is -4.63. The van der Waals surface area contributed by atoms with E-state index in [0.717, 1.165) is 26.6 Å². The van der Waals surface area contributed by atoms with Gasteiger partial charge in [-0.05, 0) is 55.2 Å². The predicted molar refractivity (Wildman–Crippen MR) is 182 cm³/mol. The summed E-state index contributed by atoms with van der Waals surface area (Å²) >= 11 is 0. The highest BCUT2D eigenvalue weighted by Crippen LogP contribution is 2.28. The zero-order chi connectivity index (χ0) is 33.3. The lowest BCUT2D eigenvalue weighted by molar-refractivity contribution is -0.140. The fraction of sp³-hybridized carbons (Fsp3) is 0.297. The normalized spacial score (nSPS) is 12.0. The van der Waals surface area contributed by atoms with Gasteiger partial charge in [0.1, 0.15) is 18.3 Å². The van der Waals surface area contributed by atoms with Crippen LogP contribution in [0.15, 0.2) is 108 Å². The minimum atomic E-state index is -4.20. The molecule has 242 valence electrons. The van der Waals surface area contributed by atoms with Gasteiger partial charge in [0.25, 0.3) is 10.0 Å². The van der Waals surface area contributed by atoms with E-state index in [-0.39, 0.29) is 35.4 Å². The molecule has 0 fully saturated rings. The third-order valence-electron chi connectivity index (χ3n) is 7.62. The first-order valence-electron chi connectivity index (χ1n) is 15.4. The summed E-state index contributed by atoms with van der Waals surface area (Å²) in [5.74, 6) is -0.167. The molecule has 0 aliphatic rings. The maximum atomic E-state index is 14.6. The van der Waals surface area contributed by atoms with E-state index in [1.165, 1.54) is 24.1 Å². The van der Waals surface area contributed by atoms with Crippen molar-refractivity contribution in [1.82, 2.24) is 10.2 Å². The van der Waals surface area contributed by atoms with Crippen LogP contribution in [0.25, 0.3) is 0 Å². The Morgan fingerprint density at radius 2 is 1.48 bits per heavy atom. The second-order valence-electron chi connectivity index (χ2n) is 11.9. The molecule has 46 heavy (non-hydrogen) atoms. The number of nitrogens with one attached hydrogen (secondary N) is 1. The number of anilines is 1. The molecule has 4 aromatic carbocycles. The number of rotatable bonds is 14. The Morgan fingerprint density at radius 3 is 2.13 bits per heavy atom. The number of nitrogens with zero attached hydrogens (tertiary/aromatic N) is 2. The van der Waals surface area contributed by atoms with Gasteiger partial charge in [-0.15, -0.1) is 0 Å². The van der Waals surface area contributed by atoms with Crippen molar-refractivity contribution in [1.29, 1.82) is 0 Å². The lowest BCUT2D eigenvalue weighted by Gasteiger charge is -2.34. The van der Waals surface area contributed by atoms with Crippen molar-refractivity contribution in [3.63, 3.8) is 0 Å². The highest BCUT2D eigenvalue weighted by molar-refractivity contribution is 7.92. The Balaban J connectivity index is 1.81. The van der Waals surface area contributed by atoms with Crippen molar-refractivity contribution in [2.45, 2.75) is 51.6 Å². The third-order valence-corrected chi connectivity index (χ3v) is 9.41. The molecule has 8 nitrogen and oxygen atoms in total. The summed E-state index contributed by atoms with van der Waals surface area (Å²) in [6.45, 7) is 7.87. The second-order valence-corrected chi connectivity index (χ2v) is 13.7. The lowest BCUT2D eigenvalue weighted by atomic mass is 10.0. The first-order valence-corrected chi connectivity index (χ1v) is 16.8. The topological polar surface area (TPSA) is 96.0 Å². The van der Waals surface area contributed by atoms with E-state index < -0.39 is 28.5 Å². The maximum absolute atomic E-state index is 14.6. The molecule has 0 unspecified atom stereocenters. The van der Waals surface area contributed by atoms with E-state index in [2.05, 4.69) is 5.32 Å². The minimum Gasteiger partial charge on any atom is -0.497 e. The number of aryl methyl sites for hydroxylation is 2. The van der Waals surface area contributed by atoms with E-state index in [1.807, 2.05) is 82.3 Å². The van der Waals surface area contributed by atoms with Crippen molar-refractivity contribution >= 4 is 27.5 Å². The average molecular weight is 642 g/mol. The summed E-state index contributed by atoms with van der Waals surface area (Å²) in [5.41, 5.74) is 3.90. The van der Waals surface area contributed by atoms with Crippen molar-refractivity contribution in [3.8, 4) is 5.75 Å². The second kappa shape index (κ2) is 15.6.